The van der Waals surface area contributed by atoms with E-state index in [1.165, 1.54) is 6.08 Å². The van der Waals surface area contributed by atoms with Crippen molar-refractivity contribution in [2.24, 2.45) is 0 Å². The Morgan fingerprint density at radius 1 is 1.00 bits per heavy atom. The molecular formula is C21H19NO2. The van der Waals surface area contributed by atoms with Gasteiger partial charge in [-0.05, 0) is 48.0 Å². The lowest BCUT2D eigenvalue weighted by atomic mass is 10.1. The van der Waals surface area contributed by atoms with E-state index < -0.39 is 0 Å². The summed E-state index contributed by atoms with van der Waals surface area (Å²) in [7, 11) is 1.62. The normalized spacial score (nSPS) is 10.9. The molecule has 0 aromatic heterocycles. The number of hydrogen-bond acceptors (Lipinski definition) is 2. The fraction of sp³-hybridized carbons (Fsp3) is 0.0952. The third-order valence-corrected chi connectivity index (χ3v) is 3.82. The molecule has 0 bridgehead atoms. The van der Waals surface area contributed by atoms with Gasteiger partial charge in [0.05, 0.1) is 7.11 Å². The molecule has 3 nitrogen and oxygen atoms in total. The molecule has 0 saturated carbocycles. The second-order valence-electron chi connectivity index (χ2n) is 5.63. The van der Waals surface area contributed by atoms with Crippen molar-refractivity contribution >= 4 is 28.4 Å². The molecule has 1 N–H and O–H groups in total. The number of methoxy groups -OCH3 is 1. The Balaban J connectivity index is 1.76. The average molecular weight is 317 g/mol. The summed E-state index contributed by atoms with van der Waals surface area (Å²) in [4.78, 5) is 12.2. The van der Waals surface area contributed by atoms with Crippen LogP contribution in [0.3, 0.4) is 0 Å². The Morgan fingerprint density at radius 3 is 2.58 bits per heavy atom. The molecule has 0 unspecified atom stereocenters. The van der Waals surface area contributed by atoms with E-state index in [0.717, 1.165) is 33.3 Å². The Kier molecular flexibility index (Phi) is 4.62. The Morgan fingerprint density at radius 2 is 1.79 bits per heavy atom. The first kappa shape index (κ1) is 15.8. The molecule has 3 heteroatoms. The molecule has 0 saturated heterocycles. The molecule has 0 spiro atoms. The number of nitrogens with one attached hydrogen (secondary N) is 1. The largest absolute Gasteiger partial charge is 0.496 e. The number of carbonyl (C=O) groups excluding carboxylic acids is 1. The van der Waals surface area contributed by atoms with Crippen LogP contribution in [0.1, 0.15) is 11.1 Å². The van der Waals surface area contributed by atoms with Crippen LogP contribution in [0.4, 0.5) is 5.69 Å². The van der Waals surface area contributed by atoms with E-state index >= 15 is 0 Å². The zero-order valence-electron chi connectivity index (χ0n) is 13.7. The molecular weight excluding hydrogens is 298 g/mol. The lowest BCUT2D eigenvalue weighted by molar-refractivity contribution is -0.111. The molecule has 120 valence electrons. The molecule has 3 rings (SSSR count). The first-order valence-corrected chi connectivity index (χ1v) is 7.78. The molecule has 0 aliphatic heterocycles. The van der Waals surface area contributed by atoms with E-state index in [2.05, 4.69) is 5.32 Å². The zero-order chi connectivity index (χ0) is 16.9. The number of fused-ring (bicyclic) bond motifs is 1. The predicted octanol–water partition coefficient (Wildman–Crippen LogP) is 4.81. The van der Waals surface area contributed by atoms with Crippen molar-refractivity contribution in [2.75, 3.05) is 12.4 Å². The minimum atomic E-state index is -0.172. The van der Waals surface area contributed by atoms with Crippen LogP contribution in [0.5, 0.6) is 5.75 Å². The molecule has 0 heterocycles. The Bertz CT molecular complexity index is 913. The minimum Gasteiger partial charge on any atom is -0.496 e. The maximum atomic E-state index is 12.2. The number of carbonyl (C=O) groups is 1. The number of benzene rings is 3. The quantitative estimate of drug-likeness (QED) is 0.701. The van der Waals surface area contributed by atoms with Crippen molar-refractivity contribution in [3.05, 3.63) is 77.9 Å². The third kappa shape index (κ3) is 3.63. The van der Waals surface area contributed by atoms with Crippen molar-refractivity contribution in [3.63, 3.8) is 0 Å². The second kappa shape index (κ2) is 7.01. The summed E-state index contributed by atoms with van der Waals surface area (Å²) in [5, 5.41) is 5.14. The van der Waals surface area contributed by atoms with Crippen molar-refractivity contribution in [2.45, 2.75) is 6.92 Å². The van der Waals surface area contributed by atoms with Crippen molar-refractivity contribution in [3.8, 4) is 5.75 Å². The van der Waals surface area contributed by atoms with Crippen LogP contribution < -0.4 is 10.1 Å². The zero-order valence-corrected chi connectivity index (χ0v) is 13.7. The number of aryl methyl sites for hydroxylation is 1. The van der Waals surface area contributed by atoms with Gasteiger partial charge < -0.3 is 10.1 Å². The van der Waals surface area contributed by atoms with Gasteiger partial charge in [-0.1, -0.05) is 42.0 Å². The smallest absolute Gasteiger partial charge is 0.248 e. The lowest BCUT2D eigenvalue weighted by Gasteiger charge is -2.06. The lowest BCUT2D eigenvalue weighted by Crippen LogP contribution is -2.07. The van der Waals surface area contributed by atoms with Crippen molar-refractivity contribution in [1.29, 1.82) is 0 Å². The fourth-order valence-corrected chi connectivity index (χ4v) is 2.60. The Labute approximate surface area is 141 Å². The number of anilines is 1. The third-order valence-electron chi connectivity index (χ3n) is 3.82. The number of rotatable bonds is 4. The highest BCUT2D eigenvalue weighted by Crippen LogP contribution is 2.21. The molecule has 0 aliphatic rings. The summed E-state index contributed by atoms with van der Waals surface area (Å²) in [5.74, 6) is 0.573. The topological polar surface area (TPSA) is 38.3 Å². The molecule has 3 aromatic rings. The Hall–Kier alpha value is -3.07. The number of ether oxygens (including phenoxy) is 1. The summed E-state index contributed by atoms with van der Waals surface area (Å²) in [5.41, 5.74) is 2.77. The van der Waals surface area contributed by atoms with Crippen LogP contribution in [-0.4, -0.2) is 13.0 Å². The highest BCUT2D eigenvalue weighted by atomic mass is 16.5. The summed E-state index contributed by atoms with van der Waals surface area (Å²) in [6.07, 6.45) is 3.29. The van der Waals surface area contributed by atoms with E-state index in [4.69, 9.17) is 4.74 Å². The summed E-state index contributed by atoms with van der Waals surface area (Å²) in [6.45, 7) is 2.01. The molecule has 24 heavy (non-hydrogen) atoms. The molecule has 1 amide bonds. The predicted molar refractivity (Wildman–Crippen MR) is 99.3 cm³/mol. The van der Waals surface area contributed by atoms with Gasteiger partial charge in [-0.2, -0.15) is 0 Å². The summed E-state index contributed by atoms with van der Waals surface area (Å²) >= 11 is 0. The average Bonchev–Trinajstić information content (AvgIpc) is 2.60. The first-order valence-electron chi connectivity index (χ1n) is 7.78. The summed E-state index contributed by atoms with van der Waals surface area (Å²) < 4.78 is 5.32. The molecule has 0 radical (unpaired) electrons. The van der Waals surface area contributed by atoms with Gasteiger partial charge in [-0.15, -0.1) is 0 Å². The van der Waals surface area contributed by atoms with Gasteiger partial charge in [0, 0.05) is 17.3 Å². The SMILES string of the molecule is COc1ccc(C)cc1/C=C/C(=O)Nc1ccc2ccccc2c1. The van der Waals surface area contributed by atoms with Gasteiger partial charge >= 0.3 is 0 Å². The van der Waals surface area contributed by atoms with Gasteiger partial charge in [0.25, 0.3) is 0 Å². The monoisotopic (exact) mass is 317 g/mol. The van der Waals surface area contributed by atoms with Crippen LogP contribution in [0, 0.1) is 6.92 Å². The minimum absolute atomic E-state index is 0.172. The van der Waals surface area contributed by atoms with Gasteiger partial charge in [-0.25, -0.2) is 0 Å². The fourth-order valence-electron chi connectivity index (χ4n) is 2.60. The van der Waals surface area contributed by atoms with E-state index in [9.17, 15) is 4.79 Å². The van der Waals surface area contributed by atoms with E-state index in [0.29, 0.717) is 0 Å². The van der Waals surface area contributed by atoms with Crippen LogP contribution in [0.25, 0.3) is 16.8 Å². The molecule has 3 aromatic carbocycles. The standard InChI is InChI=1S/C21H19NO2/c1-15-7-11-20(24-2)18(13-15)9-12-21(23)22-19-10-8-16-5-3-4-6-17(16)14-19/h3-14H,1-2H3,(H,22,23)/b12-9+. The molecule has 0 aliphatic carbocycles. The van der Waals surface area contributed by atoms with Crippen LogP contribution in [-0.2, 0) is 4.79 Å². The van der Waals surface area contributed by atoms with Gasteiger partial charge in [-0.3, -0.25) is 4.79 Å². The van der Waals surface area contributed by atoms with Crippen molar-refractivity contribution < 1.29 is 9.53 Å². The molecule has 0 fully saturated rings. The van der Waals surface area contributed by atoms with Gasteiger partial charge in [0.2, 0.25) is 5.91 Å². The maximum absolute atomic E-state index is 12.2. The second-order valence-corrected chi connectivity index (χ2v) is 5.63. The van der Waals surface area contributed by atoms with Gasteiger partial charge in [0.15, 0.2) is 0 Å². The van der Waals surface area contributed by atoms with E-state index in [1.54, 1.807) is 13.2 Å². The maximum Gasteiger partial charge on any atom is 0.248 e. The highest BCUT2D eigenvalue weighted by molar-refractivity contribution is 6.03. The number of amides is 1. The van der Waals surface area contributed by atoms with Crippen LogP contribution in [0.15, 0.2) is 66.7 Å². The van der Waals surface area contributed by atoms with Crippen LogP contribution >= 0.6 is 0 Å². The summed E-state index contributed by atoms with van der Waals surface area (Å²) in [6, 6.07) is 19.8. The van der Waals surface area contributed by atoms with Crippen molar-refractivity contribution in [1.82, 2.24) is 0 Å². The first-order chi connectivity index (χ1) is 11.7. The van der Waals surface area contributed by atoms with E-state index in [-0.39, 0.29) is 5.91 Å². The molecule has 0 atom stereocenters. The van der Waals surface area contributed by atoms with Gasteiger partial charge in [0.1, 0.15) is 5.75 Å². The number of hydrogen-bond donors (Lipinski definition) is 1. The van der Waals surface area contributed by atoms with E-state index in [1.807, 2.05) is 67.6 Å². The van der Waals surface area contributed by atoms with Crippen LogP contribution in [0.2, 0.25) is 0 Å². The highest BCUT2D eigenvalue weighted by Gasteiger charge is 2.02.